The summed E-state index contributed by atoms with van der Waals surface area (Å²) in [5.41, 5.74) is 1.47. The van der Waals surface area contributed by atoms with Crippen molar-refractivity contribution in [1.29, 1.82) is 5.26 Å². The van der Waals surface area contributed by atoms with Crippen LogP contribution in [0.2, 0.25) is 0 Å². The van der Waals surface area contributed by atoms with Crippen molar-refractivity contribution in [1.82, 2.24) is 0 Å². The van der Waals surface area contributed by atoms with Crippen LogP contribution in [0, 0.1) is 11.3 Å². The molecule has 0 aromatic heterocycles. The minimum Gasteiger partial charge on any atom is -0.465 e. The van der Waals surface area contributed by atoms with Crippen LogP contribution in [0.5, 0.6) is 0 Å². The molecule has 0 aliphatic heterocycles. The number of carbonyl (C=O) groups excluding carboxylic acids is 1. The van der Waals surface area contributed by atoms with Gasteiger partial charge in [-0.15, -0.1) is 0 Å². The van der Waals surface area contributed by atoms with Gasteiger partial charge in [-0.1, -0.05) is 19.1 Å². The lowest BCUT2D eigenvalue weighted by molar-refractivity contribution is -0.142. The Morgan fingerprint density at radius 2 is 2.07 bits per heavy atom. The SMILES string of the molecule is CCCOC(=O)Cc1ccc(C#N)cc1. The number of hydrogen-bond donors (Lipinski definition) is 0. The maximum absolute atomic E-state index is 11.2. The smallest absolute Gasteiger partial charge is 0.310 e. The van der Waals surface area contributed by atoms with Crippen LogP contribution in [0.1, 0.15) is 24.5 Å². The van der Waals surface area contributed by atoms with Gasteiger partial charge in [0.15, 0.2) is 0 Å². The summed E-state index contributed by atoms with van der Waals surface area (Å²) in [5.74, 6) is -0.221. The summed E-state index contributed by atoms with van der Waals surface area (Å²) in [6.07, 6.45) is 1.10. The number of ether oxygens (including phenoxy) is 1. The minimum absolute atomic E-state index is 0.221. The van der Waals surface area contributed by atoms with Gasteiger partial charge in [0.05, 0.1) is 24.7 Å². The fourth-order valence-electron chi connectivity index (χ4n) is 1.13. The molecule has 0 bridgehead atoms. The second-order valence-electron chi connectivity index (χ2n) is 3.21. The van der Waals surface area contributed by atoms with E-state index in [4.69, 9.17) is 10.00 Å². The fourth-order valence-corrected chi connectivity index (χ4v) is 1.13. The lowest BCUT2D eigenvalue weighted by atomic mass is 10.1. The average Bonchev–Trinajstić information content (AvgIpc) is 2.27. The Bertz CT molecular complexity index is 362. The summed E-state index contributed by atoms with van der Waals surface area (Å²) in [7, 11) is 0. The van der Waals surface area contributed by atoms with Crippen molar-refractivity contribution in [3.63, 3.8) is 0 Å². The maximum Gasteiger partial charge on any atom is 0.310 e. The number of esters is 1. The first-order chi connectivity index (χ1) is 7.26. The number of benzene rings is 1. The third-order valence-electron chi connectivity index (χ3n) is 1.90. The maximum atomic E-state index is 11.2. The standard InChI is InChI=1S/C12H13NO2/c1-2-7-15-12(14)8-10-3-5-11(9-13)6-4-10/h3-6H,2,7-8H2,1H3. The first-order valence-corrected chi connectivity index (χ1v) is 4.91. The average molecular weight is 203 g/mol. The van der Waals surface area contributed by atoms with Crippen molar-refractivity contribution < 1.29 is 9.53 Å². The Kier molecular flexibility index (Phi) is 4.36. The van der Waals surface area contributed by atoms with Gasteiger partial charge < -0.3 is 4.74 Å². The monoisotopic (exact) mass is 203 g/mol. The molecular formula is C12H13NO2. The molecule has 0 aliphatic rings. The summed E-state index contributed by atoms with van der Waals surface area (Å²) >= 11 is 0. The summed E-state index contributed by atoms with van der Waals surface area (Å²) in [6.45, 7) is 2.42. The molecule has 78 valence electrons. The van der Waals surface area contributed by atoms with Gasteiger partial charge in [0, 0.05) is 0 Å². The fraction of sp³-hybridized carbons (Fsp3) is 0.333. The highest BCUT2D eigenvalue weighted by molar-refractivity contribution is 5.72. The van der Waals surface area contributed by atoms with Crippen LogP contribution in [0.15, 0.2) is 24.3 Å². The van der Waals surface area contributed by atoms with Crippen LogP contribution >= 0.6 is 0 Å². The van der Waals surface area contributed by atoms with E-state index >= 15 is 0 Å². The minimum atomic E-state index is -0.221. The summed E-state index contributed by atoms with van der Waals surface area (Å²) < 4.78 is 4.95. The first kappa shape index (κ1) is 11.3. The largest absolute Gasteiger partial charge is 0.465 e. The molecule has 1 rings (SSSR count). The van der Waals surface area contributed by atoms with Crippen LogP contribution in [0.25, 0.3) is 0 Å². The Labute approximate surface area is 89.3 Å². The van der Waals surface area contributed by atoms with Crippen molar-refractivity contribution in [2.75, 3.05) is 6.61 Å². The molecule has 0 aliphatic carbocycles. The van der Waals surface area contributed by atoms with E-state index in [-0.39, 0.29) is 12.4 Å². The van der Waals surface area contributed by atoms with E-state index in [1.165, 1.54) is 0 Å². The number of nitrogens with zero attached hydrogens (tertiary/aromatic N) is 1. The summed E-state index contributed by atoms with van der Waals surface area (Å²) in [4.78, 5) is 11.2. The predicted molar refractivity (Wildman–Crippen MR) is 56.1 cm³/mol. The van der Waals surface area contributed by atoms with Gasteiger partial charge in [-0.2, -0.15) is 5.26 Å². The molecule has 3 nitrogen and oxygen atoms in total. The third kappa shape index (κ3) is 3.82. The van der Waals surface area contributed by atoms with Crippen LogP contribution < -0.4 is 0 Å². The molecular weight excluding hydrogens is 190 g/mol. The quantitative estimate of drug-likeness (QED) is 0.704. The van der Waals surface area contributed by atoms with Crippen LogP contribution in [0.4, 0.5) is 0 Å². The molecule has 0 unspecified atom stereocenters. The first-order valence-electron chi connectivity index (χ1n) is 4.91. The van der Waals surface area contributed by atoms with Crippen LogP contribution in [-0.4, -0.2) is 12.6 Å². The number of carbonyl (C=O) groups is 1. The molecule has 0 saturated heterocycles. The molecule has 0 amide bonds. The molecule has 0 spiro atoms. The van der Waals surface area contributed by atoms with Crippen molar-refractivity contribution >= 4 is 5.97 Å². The van der Waals surface area contributed by atoms with E-state index in [1.54, 1.807) is 24.3 Å². The van der Waals surface area contributed by atoms with Gasteiger partial charge >= 0.3 is 5.97 Å². The normalized spacial score (nSPS) is 9.33. The Morgan fingerprint density at radius 1 is 1.40 bits per heavy atom. The van der Waals surface area contributed by atoms with Crippen molar-refractivity contribution in [3.05, 3.63) is 35.4 Å². The zero-order chi connectivity index (χ0) is 11.1. The molecule has 0 heterocycles. The predicted octanol–water partition coefficient (Wildman–Crippen LogP) is 2.05. The van der Waals surface area contributed by atoms with E-state index in [0.717, 1.165) is 12.0 Å². The van der Waals surface area contributed by atoms with E-state index in [9.17, 15) is 4.79 Å². The number of rotatable bonds is 4. The number of hydrogen-bond acceptors (Lipinski definition) is 3. The highest BCUT2D eigenvalue weighted by Gasteiger charge is 2.03. The summed E-state index contributed by atoms with van der Waals surface area (Å²) in [6, 6.07) is 8.96. The van der Waals surface area contributed by atoms with Crippen molar-refractivity contribution in [3.8, 4) is 6.07 Å². The Hall–Kier alpha value is -1.82. The second kappa shape index (κ2) is 5.82. The van der Waals surface area contributed by atoms with Gasteiger partial charge in [0.1, 0.15) is 0 Å². The van der Waals surface area contributed by atoms with Gasteiger partial charge in [-0.3, -0.25) is 4.79 Å². The van der Waals surface area contributed by atoms with Gasteiger partial charge in [0.2, 0.25) is 0 Å². The highest BCUT2D eigenvalue weighted by Crippen LogP contribution is 2.04. The zero-order valence-corrected chi connectivity index (χ0v) is 8.69. The Morgan fingerprint density at radius 3 is 2.60 bits per heavy atom. The lowest BCUT2D eigenvalue weighted by Gasteiger charge is -2.02. The summed E-state index contributed by atoms with van der Waals surface area (Å²) in [5, 5.41) is 8.58. The lowest BCUT2D eigenvalue weighted by Crippen LogP contribution is -2.08. The van der Waals surface area contributed by atoms with Crippen LogP contribution in [0.3, 0.4) is 0 Å². The van der Waals surface area contributed by atoms with Gasteiger partial charge in [-0.25, -0.2) is 0 Å². The molecule has 15 heavy (non-hydrogen) atoms. The van der Waals surface area contributed by atoms with Gasteiger partial charge in [-0.05, 0) is 24.1 Å². The van der Waals surface area contributed by atoms with E-state index in [0.29, 0.717) is 12.2 Å². The van der Waals surface area contributed by atoms with Crippen molar-refractivity contribution in [2.45, 2.75) is 19.8 Å². The topological polar surface area (TPSA) is 50.1 Å². The molecule has 0 atom stereocenters. The Balaban J connectivity index is 2.50. The molecule has 1 aromatic carbocycles. The van der Waals surface area contributed by atoms with E-state index < -0.39 is 0 Å². The third-order valence-corrected chi connectivity index (χ3v) is 1.90. The zero-order valence-electron chi connectivity index (χ0n) is 8.69. The molecule has 0 saturated carbocycles. The van der Waals surface area contributed by atoms with Gasteiger partial charge in [0.25, 0.3) is 0 Å². The second-order valence-corrected chi connectivity index (χ2v) is 3.21. The van der Waals surface area contributed by atoms with E-state index in [1.807, 2.05) is 13.0 Å². The van der Waals surface area contributed by atoms with Crippen molar-refractivity contribution in [2.24, 2.45) is 0 Å². The molecule has 3 heteroatoms. The molecule has 0 N–H and O–H groups in total. The van der Waals surface area contributed by atoms with E-state index in [2.05, 4.69) is 0 Å². The molecule has 1 aromatic rings. The highest BCUT2D eigenvalue weighted by atomic mass is 16.5. The molecule has 0 radical (unpaired) electrons. The number of nitriles is 1. The van der Waals surface area contributed by atoms with Crippen LogP contribution in [-0.2, 0) is 16.0 Å². The molecule has 0 fully saturated rings.